The number of hydrogen-bond donors (Lipinski definition) is 0. The molecule has 0 saturated carbocycles. The maximum absolute atomic E-state index is 12.0. The van der Waals surface area contributed by atoms with Gasteiger partial charge in [-0.15, -0.1) is 11.8 Å². The minimum atomic E-state index is -0.185. The van der Waals surface area contributed by atoms with Crippen molar-refractivity contribution in [1.29, 1.82) is 0 Å². The van der Waals surface area contributed by atoms with Gasteiger partial charge in [0, 0.05) is 0 Å². The number of ether oxygens (including phenoxy) is 1. The Bertz CT molecular complexity index is 419. The number of unbranched alkanes of at least 4 members (excludes halogenated alkanes) is 9. The summed E-state index contributed by atoms with van der Waals surface area (Å²) in [7, 11) is 1.47. The molecule has 0 N–H and O–H groups in total. The molecule has 0 spiro atoms. The summed E-state index contributed by atoms with van der Waals surface area (Å²) in [4.78, 5) is 12.0. The lowest BCUT2D eigenvalue weighted by Crippen LogP contribution is -2.11. The molecule has 3 heteroatoms. The molecule has 1 aromatic carbocycles. The monoisotopic (exact) mass is 350 g/mol. The van der Waals surface area contributed by atoms with Gasteiger partial charge < -0.3 is 4.74 Å². The highest BCUT2D eigenvalue weighted by Crippen LogP contribution is 2.30. The van der Waals surface area contributed by atoms with Gasteiger partial charge in [0.2, 0.25) is 0 Å². The van der Waals surface area contributed by atoms with Gasteiger partial charge in [0.1, 0.15) is 5.25 Å². The van der Waals surface area contributed by atoms with Crippen LogP contribution in [-0.4, -0.2) is 18.8 Å². The quantitative estimate of drug-likeness (QED) is 0.281. The highest BCUT2D eigenvalue weighted by atomic mass is 32.2. The van der Waals surface area contributed by atoms with Crippen LogP contribution in [0.4, 0.5) is 0 Å². The zero-order valence-electron chi connectivity index (χ0n) is 15.5. The van der Waals surface area contributed by atoms with Crippen molar-refractivity contribution in [2.24, 2.45) is 0 Å². The van der Waals surface area contributed by atoms with Crippen LogP contribution < -0.4 is 0 Å². The Kier molecular flexibility index (Phi) is 12.6. The van der Waals surface area contributed by atoms with E-state index in [-0.39, 0.29) is 11.2 Å². The van der Waals surface area contributed by atoms with Crippen molar-refractivity contribution in [1.82, 2.24) is 0 Å². The number of rotatable bonds is 14. The third kappa shape index (κ3) is 9.36. The Morgan fingerprint density at radius 2 is 1.46 bits per heavy atom. The largest absolute Gasteiger partial charge is 0.468 e. The molecule has 0 heterocycles. The molecule has 0 saturated heterocycles. The molecule has 0 aliphatic rings. The number of thioether (sulfide) groups is 1. The lowest BCUT2D eigenvalue weighted by molar-refractivity contribution is -0.140. The van der Waals surface area contributed by atoms with Gasteiger partial charge in [-0.25, -0.2) is 0 Å². The van der Waals surface area contributed by atoms with Crippen LogP contribution in [0.3, 0.4) is 0 Å². The summed E-state index contributed by atoms with van der Waals surface area (Å²) in [6.07, 6.45) is 13.4. The Balaban J connectivity index is 2.10. The molecule has 0 aliphatic heterocycles. The minimum Gasteiger partial charge on any atom is -0.468 e. The summed E-state index contributed by atoms with van der Waals surface area (Å²) in [6.45, 7) is 2.26. The van der Waals surface area contributed by atoms with Gasteiger partial charge in [-0.3, -0.25) is 4.79 Å². The summed E-state index contributed by atoms with van der Waals surface area (Å²) in [6, 6.07) is 9.95. The van der Waals surface area contributed by atoms with Gasteiger partial charge in [0.25, 0.3) is 0 Å². The van der Waals surface area contributed by atoms with Gasteiger partial charge >= 0.3 is 5.97 Å². The number of carbonyl (C=O) groups excluding carboxylic acids is 1. The van der Waals surface area contributed by atoms with E-state index in [4.69, 9.17) is 4.74 Å². The van der Waals surface area contributed by atoms with Crippen LogP contribution >= 0.6 is 11.8 Å². The summed E-state index contributed by atoms with van der Waals surface area (Å²) in [5.41, 5.74) is 1.04. The second kappa shape index (κ2) is 14.4. The van der Waals surface area contributed by atoms with Crippen molar-refractivity contribution >= 4 is 17.7 Å². The molecule has 1 aromatic rings. The van der Waals surface area contributed by atoms with Gasteiger partial charge in [-0.1, -0.05) is 95.0 Å². The Morgan fingerprint density at radius 1 is 0.917 bits per heavy atom. The van der Waals surface area contributed by atoms with Crippen LogP contribution in [0.2, 0.25) is 0 Å². The summed E-state index contributed by atoms with van der Waals surface area (Å²) >= 11 is 1.71. The van der Waals surface area contributed by atoms with Gasteiger partial charge in [-0.2, -0.15) is 0 Å². The first-order valence-electron chi connectivity index (χ1n) is 9.54. The third-order valence-corrected chi connectivity index (χ3v) is 5.62. The van der Waals surface area contributed by atoms with E-state index in [1.54, 1.807) is 11.8 Å². The molecule has 136 valence electrons. The molecular formula is C21H34O2S. The highest BCUT2D eigenvalue weighted by Gasteiger charge is 2.21. The first-order chi connectivity index (χ1) is 11.8. The number of carbonyl (C=O) groups is 1. The molecule has 1 unspecified atom stereocenters. The molecular weight excluding hydrogens is 316 g/mol. The first kappa shape index (κ1) is 21.1. The molecule has 0 aromatic heterocycles. The van der Waals surface area contributed by atoms with Crippen LogP contribution in [-0.2, 0) is 9.53 Å². The normalized spacial score (nSPS) is 12.1. The lowest BCUT2D eigenvalue weighted by atomic mass is 10.1. The SMILES string of the molecule is CCCCCCCCCCCCSC(C(=O)OC)c1ccccc1. The van der Waals surface area contributed by atoms with E-state index < -0.39 is 0 Å². The molecule has 1 rings (SSSR count). The van der Waals surface area contributed by atoms with E-state index in [0.717, 1.165) is 11.3 Å². The summed E-state index contributed by atoms with van der Waals surface area (Å²) in [5, 5.41) is -0.185. The fraction of sp³-hybridized carbons (Fsp3) is 0.667. The summed E-state index contributed by atoms with van der Waals surface area (Å²) < 4.78 is 4.96. The van der Waals surface area contributed by atoms with E-state index in [2.05, 4.69) is 6.92 Å². The molecule has 0 amide bonds. The van der Waals surface area contributed by atoms with Gasteiger partial charge in [0.15, 0.2) is 0 Å². The highest BCUT2D eigenvalue weighted by molar-refractivity contribution is 8.00. The van der Waals surface area contributed by atoms with E-state index in [0.29, 0.717) is 0 Å². The van der Waals surface area contributed by atoms with Crippen molar-refractivity contribution in [3.05, 3.63) is 35.9 Å². The van der Waals surface area contributed by atoms with E-state index in [9.17, 15) is 4.79 Å². The Morgan fingerprint density at radius 3 is 2.00 bits per heavy atom. The minimum absolute atomic E-state index is 0.140. The first-order valence-corrected chi connectivity index (χ1v) is 10.6. The Hall–Kier alpha value is -0.960. The van der Waals surface area contributed by atoms with Gasteiger partial charge in [0.05, 0.1) is 7.11 Å². The standard InChI is InChI=1S/C21H34O2S/c1-3-4-5-6-7-8-9-10-11-15-18-24-20(21(22)23-2)19-16-13-12-14-17-19/h12-14,16-17,20H,3-11,15,18H2,1-2H3. The maximum atomic E-state index is 12.0. The van der Waals surface area contributed by atoms with Crippen LogP contribution in [0.15, 0.2) is 30.3 Å². The summed E-state index contributed by atoms with van der Waals surface area (Å²) in [5.74, 6) is 0.879. The van der Waals surface area contributed by atoms with Gasteiger partial charge in [-0.05, 0) is 17.7 Å². The number of methoxy groups -OCH3 is 1. The zero-order chi connectivity index (χ0) is 17.5. The second-order valence-corrected chi connectivity index (χ2v) is 7.58. The molecule has 0 aliphatic carbocycles. The smallest absolute Gasteiger partial charge is 0.323 e. The van der Waals surface area contributed by atoms with Crippen molar-refractivity contribution in [2.45, 2.75) is 76.4 Å². The van der Waals surface area contributed by atoms with Crippen LogP contribution in [0.1, 0.15) is 81.9 Å². The van der Waals surface area contributed by atoms with E-state index in [1.165, 1.54) is 71.3 Å². The van der Waals surface area contributed by atoms with E-state index >= 15 is 0 Å². The number of benzene rings is 1. The van der Waals surface area contributed by atoms with E-state index in [1.807, 2.05) is 30.3 Å². The van der Waals surface area contributed by atoms with Crippen LogP contribution in [0.25, 0.3) is 0 Å². The van der Waals surface area contributed by atoms with Crippen LogP contribution in [0, 0.1) is 0 Å². The maximum Gasteiger partial charge on any atom is 0.323 e. The third-order valence-electron chi connectivity index (χ3n) is 4.30. The predicted octanol–water partition coefficient (Wildman–Crippen LogP) is 6.55. The van der Waals surface area contributed by atoms with Crippen LogP contribution in [0.5, 0.6) is 0 Å². The molecule has 2 nitrogen and oxygen atoms in total. The fourth-order valence-corrected chi connectivity index (χ4v) is 4.01. The number of hydrogen-bond acceptors (Lipinski definition) is 3. The average molecular weight is 351 g/mol. The molecule has 24 heavy (non-hydrogen) atoms. The zero-order valence-corrected chi connectivity index (χ0v) is 16.3. The molecule has 1 atom stereocenters. The Labute approximate surface area is 152 Å². The molecule has 0 bridgehead atoms. The average Bonchev–Trinajstić information content (AvgIpc) is 2.63. The lowest BCUT2D eigenvalue weighted by Gasteiger charge is -2.14. The molecule has 0 radical (unpaired) electrons. The van der Waals surface area contributed by atoms with Crippen molar-refractivity contribution in [3.63, 3.8) is 0 Å². The van der Waals surface area contributed by atoms with Crippen molar-refractivity contribution < 1.29 is 9.53 Å². The van der Waals surface area contributed by atoms with Crippen molar-refractivity contribution in [2.75, 3.05) is 12.9 Å². The second-order valence-electron chi connectivity index (χ2n) is 6.37. The fourth-order valence-electron chi connectivity index (χ4n) is 2.83. The predicted molar refractivity (Wildman–Crippen MR) is 106 cm³/mol. The molecule has 0 fully saturated rings. The van der Waals surface area contributed by atoms with Crippen molar-refractivity contribution in [3.8, 4) is 0 Å². The topological polar surface area (TPSA) is 26.3 Å². The number of esters is 1.